The van der Waals surface area contributed by atoms with E-state index >= 15 is 0 Å². The molecule has 0 spiro atoms. The molecule has 8 heavy (non-hydrogen) atoms. The fourth-order valence-corrected chi connectivity index (χ4v) is 1.00. The smallest absolute Gasteiger partial charge is 0.0304 e. The van der Waals surface area contributed by atoms with Crippen LogP contribution >= 0.6 is 0 Å². The second-order valence-corrected chi connectivity index (χ2v) is 2.56. The molecule has 2 N–H and O–H groups in total. The van der Waals surface area contributed by atoms with E-state index in [1.165, 1.54) is 12.8 Å². The highest BCUT2D eigenvalue weighted by Gasteiger charge is 2.39. The summed E-state index contributed by atoms with van der Waals surface area (Å²) in [5.74, 6) is 0. The lowest BCUT2D eigenvalue weighted by atomic mass is 10.3. The molecule has 1 aliphatic carbocycles. The number of hydrogen-bond acceptors (Lipinski definition) is 2. The van der Waals surface area contributed by atoms with Crippen LogP contribution in [0.5, 0.6) is 0 Å². The van der Waals surface area contributed by atoms with Gasteiger partial charge in [0.1, 0.15) is 0 Å². The van der Waals surface area contributed by atoms with Gasteiger partial charge in [-0.1, -0.05) is 0 Å². The molecule has 0 unspecified atom stereocenters. The molecule has 1 fully saturated rings. The Morgan fingerprint density at radius 3 is 2.25 bits per heavy atom. The first-order chi connectivity index (χ1) is 3.83. The molecule has 0 heterocycles. The van der Waals surface area contributed by atoms with Gasteiger partial charge in [0.15, 0.2) is 0 Å². The van der Waals surface area contributed by atoms with E-state index < -0.39 is 0 Å². The molecule has 0 aliphatic heterocycles. The number of hydrogen-bond donors (Lipinski definition) is 2. The Hall–Kier alpha value is -0.0800. The predicted molar refractivity (Wildman–Crippen MR) is 37.1 cm³/mol. The van der Waals surface area contributed by atoms with Gasteiger partial charge >= 0.3 is 0 Å². The summed E-state index contributed by atoms with van der Waals surface area (Å²) >= 11 is 0. The molecule has 0 amide bonds. The van der Waals surface area contributed by atoms with E-state index in [-0.39, 0.29) is 1.43 Å². The van der Waals surface area contributed by atoms with Crippen molar-refractivity contribution in [2.45, 2.75) is 18.4 Å². The quantitative estimate of drug-likeness (QED) is 0.550. The molecule has 0 atom stereocenters. The van der Waals surface area contributed by atoms with Crippen molar-refractivity contribution < 1.29 is 1.43 Å². The largest absolute Gasteiger partial charge is 0.318 e. The predicted octanol–water partition coefficient (Wildman–Crippen LogP) is 0.204. The molecule has 2 heteroatoms. The lowest BCUT2D eigenvalue weighted by Gasteiger charge is -2.11. The van der Waals surface area contributed by atoms with Crippen molar-refractivity contribution >= 4 is 0 Å². The van der Waals surface area contributed by atoms with Gasteiger partial charge < -0.3 is 10.6 Å². The van der Waals surface area contributed by atoms with Gasteiger partial charge in [-0.2, -0.15) is 0 Å². The Balaban J connectivity index is 0.000000640. The van der Waals surface area contributed by atoms with Crippen LogP contribution in [0.1, 0.15) is 14.3 Å². The molecule has 0 saturated heterocycles. The lowest BCUT2D eigenvalue weighted by molar-refractivity contribution is 0.520. The van der Waals surface area contributed by atoms with Gasteiger partial charge in [-0.05, 0) is 26.9 Å². The number of nitrogens with one attached hydrogen (secondary N) is 2. The van der Waals surface area contributed by atoms with Crippen molar-refractivity contribution in [3.63, 3.8) is 0 Å². The van der Waals surface area contributed by atoms with Crippen LogP contribution in [0.3, 0.4) is 0 Å². The zero-order chi connectivity index (χ0) is 6.04. The Kier molecular flexibility index (Phi) is 1.54. The third-order valence-electron chi connectivity index (χ3n) is 1.90. The molecule has 0 aromatic carbocycles. The average Bonchev–Trinajstić information content (AvgIpc) is 2.50. The third kappa shape index (κ3) is 1.01. The molecule has 1 saturated carbocycles. The molecule has 50 valence electrons. The lowest BCUT2D eigenvalue weighted by Crippen LogP contribution is -2.37. The van der Waals surface area contributed by atoms with Crippen LogP contribution in [0.4, 0.5) is 0 Å². The Morgan fingerprint density at radius 1 is 1.50 bits per heavy atom. The van der Waals surface area contributed by atoms with Gasteiger partial charge in [-0.25, -0.2) is 0 Å². The minimum atomic E-state index is 0. The van der Waals surface area contributed by atoms with Crippen LogP contribution < -0.4 is 10.6 Å². The summed E-state index contributed by atoms with van der Waals surface area (Å²) < 4.78 is 0. The van der Waals surface area contributed by atoms with Crippen molar-refractivity contribution in [1.82, 2.24) is 10.6 Å². The normalized spacial score (nSPS) is 23.2. The Bertz CT molecular complexity index is 81.1. The van der Waals surface area contributed by atoms with Crippen LogP contribution in [0.15, 0.2) is 0 Å². The number of likely N-dealkylation sites (N-methyl/N-ethyl adjacent to an activating group) is 2. The zero-order valence-electron chi connectivity index (χ0n) is 5.62. The summed E-state index contributed by atoms with van der Waals surface area (Å²) in [4.78, 5) is 0. The van der Waals surface area contributed by atoms with Crippen LogP contribution in [0.25, 0.3) is 0 Å². The molecule has 2 nitrogen and oxygen atoms in total. The molecule has 0 radical (unpaired) electrons. The number of rotatable bonds is 3. The van der Waals surface area contributed by atoms with E-state index in [1.807, 2.05) is 14.1 Å². The molecule has 1 aliphatic rings. The first-order valence-corrected chi connectivity index (χ1v) is 3.16. The molecular weight excluding hydrogens is 100 g/mol. The minimum Gasteiger partial charge on any atom is -0.318 e. The molecule has 0 bridgehead atoms. The zero-order valence-corrected chi connectivity index (χ0v) is 5.62. The van der Waals surface area contributed by atoms with E-state index in [0.717, 1.165) is 6.54 Å². The Morgan fingerprint density at radius 2 is 2.12 bits per heavy atom. The Labute approximate surface area is 52.1 Å². The van der Waals surface area contributed by atoms with E-state index in [0.29, 0.717) is 5.54 Å². The summed E-state index contributed by atoms with van der Waals surface area (Å²) in [6.45, 7) is 1.11. The highest BCUT2D eigenvalue weighted by atomic mass is 15.0. The summed E-state index contributed by atoms with van der Waals surface area (Å²) in [5, 5.41) is 6.45. The van der Waals surface area contributed by atoms with E-state index in [2.05, 4.69) is 10.6 Å². The second-order valence-electron chi connectivity index (χ2n) is 2.56. The van der Waals surface area contributed by atoms with Gasteiger partial charge in [0, 0.05) is 13.5 Å². The first kappa shape index (κ1) is 6.05. The maximum absolute atomic E-state index is 3.29. The standard InChI is InChI=1S/C6H14N2.H2/c1-7-5-6(8-2)3-4-6;/h7-8H,3-5H2,1-2H3;1H. The van der Waals surface area contributed by atoms with Crippen molar-refractivity contribution in [2.75, 3.05) is 20.6 Å². The molecule has 0 aromatic rings. The third-order valence-corrected chi connectivity index (χ3v) is 1.90. The van der Waals surface area contributed by atoms with Crippen LogP contribution in [0, 0.1) is 0 Å². The summed E-state index contributed by atoms with van der Waals surface area (Å²) in [6, 6.07) is 0. The fraction of sp³-hybridized carbons (Fsp3) is 1.00. The van der Waals surface area contributed by atoms with Gasteiger partial charge in [0.2, 0.25) is 0 Å². The van der Waals surface area contributed by atoms with Crippen LogP contribution in [-0.4, -0.2) is 26.2 Å². The van der Waals surface area contributed by atoms with Gasteiger partial charge in [-0.3, -0.25) is 0 Å². The van der Waals surface area contributed by atoms with Gasteiger partial charge in [0.25, 0.3) is 0 Å². The van der Waals surface area contributed by atoms with E-state index in [4.69, 9.17) is 0 Å². The van der Waals surface area contributed by atoms with Crippen LogP contribution in [-0.2, 0) is 0 Å². The SMILES string of the molecule is CNCC1(NC)CC1.[HH]. The molecular formula is C6H16N2. The van der Waals surface area contributed by atoms with Crippen molar-refractivity contribution in [3.05, 3.63) is 0 Å². The minimum absolute atomic E-state index is 0. The molecule has 1 rings (SSSR count). The van der Waals surface area contributed by atoms with Crippen molar-refractivity contribution in [3.8, 4) is 0 Å². The van der Waals surface area contributed by atoms with Gasteiger partial charge in [-0.15, -0.1) is 0 Å². The maximum Gasteiger partial charge on any atom is 0.0304 e. The summed E-state index contributed by atoms with van der Waals surface area (Å²) in [7, 11) is 4.03. The van der Waals surface area contributed by atoms with Gasteiger partial charge in [0.05, 0.1) is 0 Å². The van der Waals surface area contributed by atoms with Crippen LogP contribution in [0.2, 0.25) is 0 Å². The summed E-state index contributed by atoms with van der Waals surface area (Å²) in [5.41, 5.74) is 0.481. The van der Waals surface area contributed by atoms with E-state index in [9.17, 15) is 0 Å². The summed E-state index contributed by atoms with van der Waals surface area (Å²) in [6.07, 6.45) is 2.68. The molecule has 0 aromatic heterocycles. The first-order valence-electron chi connectivity index (χ1n) is 3.16. The maximum atomic E-state index is 3.29. The monoisotopic (exact) mass is 116 g/mol. The van der Waals surface area contributed by atoms with E-state index in [1.54, 1.807) is 0 Å². The highest BCUT2D eigenvalue weighted by Crippen LogP contribution is 2.33. The fourth-order valence-electron chi connectivity index (χ4n) is 1.00. The van der Waals surface area contributed by atoms with Crippen molar-refractivity contribution in [1.29, 1.82) is 0 Å². The average molecular weight is 116 g/mol. The van der Waals surface area contributed by atoms with Crippen molar-refractivity contribution in [2.24, 2.45) is 0 Å². The second kappa shape index (κ2) is 2.03. The highest BCUT2D eigenvalue weighted by molar-refractivity contribution is 5.02. The topological polar surface area (TPSA) is 24.1 Å².